The predicted molar refractivity (Wildman–Crippen MR) is 107 cm³/mol. The maximum absolute atomic E-state index is 4.77. The molecule has 0 saturated carbocycles. The number of aromatic nitrogens is 2. The average molecular weight is 341 g/mol. The number of rotatable bonds is 3. The van der Waals surface area contributed by atoms with Crippen LogP contribution in [0.25, 0.3) is 0 Å². The Labute approximate surface area is 152 Å². The van der Waals surface area contributed by atoms with Crippen LogP contribution in [0.4, 0.5) is 11.5 Å². The van der Waals surface area contributed by atoms with E-state index in [0.29, 0.717) is 5.92 Å². The van der Waals surface area contributed by atoms with Crippen LogP contribution in [-0.2, 0) is 6.54 Å². The number of nitrogens with one attached hydrogen (secondary N) is 1. The molecular formula is C21H32N4. The van der Waals surface area contributed by atoms with Crippen molar-refractivity contribution in [3.63, 3.8) is 0 Å². The molecule has 1 N–H and O–H groups in total. The molecule has 0 spiro atoms. The highest BCUT2D eigenvalue weighted by molar-refractivity contribution is 5.50. The Balaban J connectivity index is 0.000000569. The second-order valence-electron chi connectivity index (χ2n) is 7.17. The normalized spacial score (nSPS) is 17.3. The number of aryl methyl sites for hydroxylation is 1. The topological polar surface area (TPSA) is 33.1 Å². The molecule has 4 heteroatoms. The summed E-state index contributed by atoms with van der Waals surface area (Å²) in [7, 11) is 0. The Morgan fingerprint density at radius 3 is 2.36 bits per heavy atom. The molecule has 1 atom stereocenters. The molecule has 1 saturated heterocycles. The summed E-state index contributed by atoms with van der Waals surface area (Å²) in [6.45, 7) is 11.0. The number of hydrogen-bond acceptors (Lipinski definition) is 3. The van der Waals surface area contributed by atoms with Gasteiger partial charge in [0, 0.05) is 43.9 Å². The Kier molecular flexibility index (Phi) is 6.00. The number of fused-ring (bicyclic) bond motifs is 1. The van der Waals surface area contributed by atoms with E-state index < -0.39 is 0 Å². The van der Waals surface area contributed by atoms with E-state index in [1.54, 1.807) is 0 Å². The minimum Gasteiger partial charge on any atom is -0.372 e. The van der Waals surface area contributed by atoms with Crippen molar-refractivity contribution in [2.24, 2.45) is 0 Å². The fourth-order valence-corrected chi connectivity index (χ4v) is 3.53. The first kappa shape index (κ1) is 17.8. The second-order valence-corrected chi connectivity index (χ2v) is 7.17. The van der Waals surface area contributed by atoms with Crippen LogP contribution in [0, 0.1) is 0 Å². The van der Waals surface area contributed by atoms with Gasteiger partial charge in [-0.05, 0) is 37.0 Å². The molecule has 0 amide bonds. The average Bonchev–Trinajstić information content (AvgIpc) is 3.31. The summed E-state index contributed by atoms with van der Waals surface area (Å²) in [6, 6.07) is 11.3. The molecule has 0 bridgehead atoms. The fraction of sp³-hybridized carbons (Fsp3) is 0.571. The number of nitrogens with zero attached hydrogens (tertiary/aromatic N) is 3. The molecule has 2 aliphatic heterocycles. The van der Waals surface area contributed by atoms with Crippen LogP contribution in [0.1, 0.15) is 63.6 Å². The van der Waals surface area contributed by atoms with Crippen LogP contribution in [0.2, 0.25) is 0 Å². The smallest absolute Gasteiger partial charge is 0.124 e. The van der Waals surface area contributed by atoms with Gasteiger partial charge in [-0.25, -0.2) is 4.68 Å². The highest BCUT2D eigenvalue weighted by Crippen LogP contribution is 2.29. The molecule has 2 aliphatic rings. The van der Waals surface area contributed by atoms with E-state index in [1.807, 2.05) is 0 Å². The molecule has 1 aromatic heterocycles. The van der Waals surface area contributed by atoms with E-state index in [1.165, 1.54) is 55.1 Å². The zero-order valence-electron chi connectivity index (χ0n) is 16.0. The van der Waals surface area contributed by atoms with Gasteiger partial charge >= 0.3 is 0 Å². The third-order valence-corrected chi connectivity index (χ3v) is 4.96. The van der Waals surface area contributed by atoms with Gasteiger partial charge in [-0.15, -0.1) is 0 Å². The van der Waals surface area contributed by atoms with Gasteiger partial charge in [0.1, 0.15) is 5.82 Å². The van der Waals surface area contributed by atoms with E-state index in [9.17, 15) is 0 Å². The minimum atomic E-state index is 0.340. The molecule has 0 aliphatic carbocycles. The summed E-state index contributed by atoms with van der Waals surface area (Å²) in [5, 5.41) is 8.20. The lowest BCUT2D eigenvalue weighted by Crippen LogP contribution is -2.17. The Bertz CT molecular complexity index is 630. The summed E-state index contributed by atoms with van der Waals surface area (Å²) in [5.74, 6) is 1.51. The van der Waals surface area contributed by atoms with Crippen LogP contribution in [0.3, 0.4) is 0 Å². The lowest BCUT2D eigenvalue weighted by molar-refractivity contribution is 0.559. The molecule has 4 rings (SSSR count). The minimum absolute atomic E-state index is 0.340. The summed E-state index contributed by atoms with van der Waals surface area (Å²) < 4.78 is 2.11. The van der Waals surface area contributed by atoms with Crippen molar-refractivity contribution in [3.8, 4) is 0 Å². The van der Waals surface area contributed by atoms with E-state index in [2.05, 4.69) is 66.0 Å². The first-order chi connectivity index (χ1) is 12.2. The lowest BCUT2D eigenvalue weighted by Gasteiger charge is -2.18. The summed E-state index contributed by atoms with van der Waals surface area (Å²) in [4.78, 5) is 2.48. The Morgan fingerprint density at radius 1 is 1.04 bits per heavy atom. The van der Waals surface area contributed by atoms with Crippen LogP contribution < -0.4 is 10.2 Å². The van der Waals surface area contributed by atoms with Crippen molar-refractivity contribution < 1.29 is 0 Å². The summed E-state index contributed by atoms with van der Waals surface area (Å²) in [6.07, 6.45) is 5.06. The van der Waals surface area contributed by atoms with Gasteiger partial charge in [-0.2, -0.15) is 5.10 Å². The van der Waals surface area contributed by atoms with Crippen molar-refractivity contribution in [2.75, 3.05) is 29.9 Å². The standard InChI is InChI=1S/C18H24N4.C3H8/c1-14(17-13-18-19-9-4-12-22(18)20-17)15-5-7-16(8-6-15)21-10-2-3-11-21;1-3-2/h5-8,13-14,19H,2-4,9-12H2,1H3;3H2,1-2H3. The van der Waals surface area contributed by atoms with Crippen LogP contribution in [0.5, 0.6) is 0 Å². The Morgan fingerprint density at radius 2 is 1.72 bits per heavy atom. The molecule has 3 heterocycles. The SMILES string of the molecule is CC(c1ccc(N2CCCC2)cc1)c1cc2n(n1)CCCN2.CCC. The zero-order chi connectivity index (χ0) is 17.6. The molecule has 1 aromatic carbocycles. The van der Waals surface area contributed by atoms with Gasteiger partial charge in [-0.1, -0.05) is 39.3 Å². The van der Waals surface area contributed by atoms with Crippen molar-refractivity contribution in [1.82, 2.24) is 9.78 Å². The van der Waals surface area contributed by atoms with Gasteiger partial charge in [0.05, 0.1) is 5.69 Å². The van der Waals surface area contributed by atoms with E-state index >= 15 is 0 Å². The van der Waals surface area contributed by atoms with Crippen molar-refractivity contribution >= 4 is 11.5 Å². The van der Waals surface area contributed by atoms with E-state index in [4.69, 9.17) is 5.10 Å². The fourth-order valence-electron chi connectivity index (χ4n) is 3.53. The quantitative estimate of drug-likeness (QED) is 0.865. The molecule has 25 heavy (non-hydrogen) atoms. The highest BCUT2D eigenvalue weighted by Gasteiger charge is 2.18. The second kappa shape index (κ2) is 8.41. The highest BCUT2D eigenvalue weighted by atomic mass is 15.3. The molecule has 136 valence electrons. The van der Waals surface area contributed by atoms with Gasteiger partial charge in [0.25, 0.3) is 0 Å². The van der Waals surface area contributed by atoms with Crippen LogP contribution in [0.15, 0.2) is 30.3 Å². The third-order valence-electron chi connectivity index (χ3n) is 4.96. The summed E-state index contributed by atoms with van der Waals surface area (Å²) in [5.41, 5.74) is 3.87. The van der Waals surface area contributed by atoms with Gasteiger partial charge in [-0.3, -0.25) is 0 Å². The number of anilines is 2. The van der Waals surface area contributed by atoms with E-state index in [0.717, 1.165) is 19.5 Å². The first-order valence-electron chi connectivity index (χ1n) is 9.89. The monoisotopic (exact) mass is 340 g/mol. The predicted octanol–water partition coefficient (Wildman–Crippen LogP) is 4.87. The van der Waals surface area contributed by atoms with Gasteiger partial charge in [0.15, 0.2) is 0 Å². The van der Waals surface area contributed by atoms with Crippen LogP contribution in [-0.4, -0.2) is 29.4 Å². The largest absolute Gasteiger partial charge is 0.372 e. The maximum atomic E-state index is 4.77. The van der Waals surface area contributed by atoms with Gasteiger partial charge in [0.2, 0.25) is 0 Å². The molecule has 4 nitrogen and oxygen atoms in total. The first-order valence-corrected chi connectivity index (χ1v) is 9.89. The van der Waals surface area contributed by atoms with Crippen LogP contribution >= 0.6 is 0 Å². The molecular weight excluding hydrogens is 308 g/mol. The zero-order valence-corrected chi connectivity index (χ0v) is 16.0. The van der Waals surface area contributed by atoms with E-state index in [-0.39, 0.29) is 0 Å². The molecule has 0 radical (unpaired) electrons. The van der Waals surface area contributed by atoms with Gasteiger partial charge < -0.3 is 10.2 Å². The maximum Gasteiger partial charge on any atom is 0.124 e. The Hall–Kier alpha value is -1.97. The third kappa shape index (κ3) is 4.17. The van der Waals surface area contributed by atoms with Crippen molar-refractivity contribution in [3.05, 3.63) is 41.6 Å². The van der Waals surface area contributed by atoms with Crippen molar-refractivity contribution in [2.45, 2.75) is 58.9 Å². The number of hydrogen-bond donors (Lipinski definition) is 1. The lowest BCUT2D eigenvalue weighted by atomic mass is 9.97. The molecule has 2 aromatic rings. The molecule has 1 fully saturated rings. The summed E-state index contributed by atoms with van der Waals surface area (Å²) >= 11 is 0. The molecule has 1 unspecified atom stereocenters. The number of benzene rings is 1. The van der Waals surface area contributed by atoms with Crippen molar-refractivity contribution in [1.29, 1.82) is 0 Å².